The molecule has 0 saturated heterocycles. The number of nitrogen functional groups attached to an aromatic ring is 1. The number of nitrogens with two attached hydrogens (primary N) is 1. The maximum absolute atomic E-state index is 5.94. The van der Waals surface area contributed by atoms with Crippen LogP contribution in [-0.2, 0) is 7.05 Å². The second-order valence-electron chi connectivity index (χ2n) is 3.12. The number of nitrogens with zero attached hydrogens (tertiary/aromatic N) is 3. The molecule has 1 aromatic heterocycles. The zero-order valence-corrected chi connectivity index (χ0v) is 9.83. The van der Waals surface area contributed by atoms with E-state index in [0.717, 1.165) is 0 Å². The van der Waals surface area contributed by atoms with Gasteiger partial charge in [0.2, 0.25) is 0 Å². The number of aromatic nitrogens is 3. The van der Waals surface area contributed by atoms with Crippen LogP contribution in [0.15, 0.2) is 18.5 Å². The van der Waals surface area contributed by atoms with E-state index in [1.165, 1.54) is 11.0 Å². The number of hydrogen-bond acceptors (Lipinski definition) is 4. The third kappa shape index (κ3) is 2.20. The van der Waals surface area contributed by atoms with Crippen LogP contribution in [0.2, 0.25) is 10.0 Å². The lowest BCUT2D eigenvalue weighted by Gasteiger charge is -2.06. The molecule has 0 aliphatic heterocycles. The van der Waals surface area contributed by atoms with Crippen molar-refractivity contribution in [1.82, 2.24) is 14.8 Å². The van der Waals surface area contributed by atoms with Crippen molar-refractivity contribution in [3.05, 3.63) is 28.5 Å². The van der Waals surface area contributed by atoms with E-state index in [0.29, 0.717) is 21.5 Å². The van der Waals surface area contributed by atoms with Gasteiger partial charge in [0.05, 0.1) is 10.0 Å². The summed E-state index contributed by atoms with van der Waals surface area (Å²) in [6, 6.07) is 3.27. The maximum Gasteiger partial charge on any atom is 0.341 e. The van der Waals surface area contributed by atoms with E-state index < -0.39 is 0 Å². The summed E-state index contributed by atoms with van der Waals surface area (Å²) >= 11 is 11.9. The third-order valence-corrected chi connectivity index (χ3v) is 2.35. The molecule has 0 spiro atoms. The molecule has 84 valence electrons. The zero-order valence-electron chi connectivity index (χ0n) is 8.32. The highest BCUT2D eigenvalue weighted by atomic mass is 35.5. The molecule has 2 N–H and O–H groups in total. The molecule has 0 radical (unpaired) electrons. The van der Waals surface area contributed by atoms with Crippen LogP contribution in [0.25, 0.3) is 0 Å². The highest BCUT2D eigenvalue weighted by molar-refractivity contribution is 6.37. The van der Waals surface area contributed by atoms with Crippen LogP contribution >= 0.6 is 23.2 Å². The Labute approximate surface area is 102 Å². The Hall–Kier alpha value is -1.46. The summed E-state index contributed by atoms with van der Waals surface area (Å²) < 4.78 is 6.86. The Balaban J connectivity index is 2.34. The standard InChI is InChI=1S/C9H8Cl2N4O/c1-15-4-13-9(14-15)16-8-6(10)2-5(12)3-7(8)11/h2-4H,12H2,1H3. The van der Waals surface area contributed by atoms with Crippen molar-refractivity contribution in [2.45, 2.75) is 0 Å². The number of hydrogen-bond donors (Lipinski definition) is 1. The van der Waals surface area contributed by atoms with E-state index in [-0.39, 0.29) is 6.01 Å². The van der Waals surface area contributed by atoms with Gasteiger partial charge in [-0.25, -0.2) is 0 Å². The molecule has 0 bridgehead atoms. The number of anilines is 1. The SMILES string of the molecule is Cn1cnc(Oc2c(Cl)cc(N)cc2Cl)n1. The van der Waals surface area contributed by atoms with Gasteiger partial charge < -0.3 is 10.5 Å². The molecule has 0 saturated carbocycles. The topological polar surface area (TPSA) is 66.0 Å². The van der Waals surface area contributed by atoms with Gasteiger partial charge in [-0.15, -0.1) is 5.10 Å². The smallest absolute Gasteiger partial charge is 0.341 e. The molecular weight excluding hydrogens is 251 g/mol. The second kappa shape index (κ2) is 4.19. The molecule has 1 heterocycles. The summed E-state index contributed by atoms with van der Waals surface area (Å²) in [6.07, 6.45) is 1.51. The van der Waals surface area contributed by atoms with E-state index in [1.807, 2.05) is 0 Å². The Bertz CT molecular complexity index is 503. The largest absolute Gasteiger partial charge is 0.420 e. The van der Waals surface area contributed by atoms with Crippen LogP contribution in [0.1, 0.15) is 0 Å². The van der Waals surface area contributed by atoms with Crippen molar-refractivity contribution in [3.63, 3.8) is 0 Å². The summed E-state index contributed by atoms with van der Waals surface area (Å²) in [6.45, 7) is 0. The summed E-state index contributed by atoms with van der Waals surface area (Å²) in [5, 5.41) is 4.58. The van der Waals surface area contributed by atoms with Crippen molar-refractivity contribution in [1.29, 1.82) is 0 Å². The first-order valence-electron chi connectivity index (χ1n) is 4.34. The average molecular weight is 259 g/mol. The Morgan fingerprint density at radius 3 is 2.44 bits per heavy atom. The minimum atomic E-state index is 0.177. The van der Waals surface area contributed by atoms with E-state index in [9.17, 15) is 0 Å². The van der Waals surface area contributed by atoms with Gasteiger partial charge >= 0.3 is 6.01 Å². The summed E-state index contributed by atoms with van der Waals surface area (Å²) in [7, 11) is 1.73. The van der Waals surface area contributed by atoms with Crippen LogP contribution in [0.4, 0.5) is 5.69 Å². The van der Waals surface area contributed by atoms with Gasteiger partial charge in [-0.05, 0) is 12.1 Å². The second-order valence-corrected chi connectivity index (χ2v) is 3.93. The highest BCUT2D eigenvalue weighted by Crippen LogP contribution is 2.37. The first kappa shape index (κ1) is 11.0. The van der Waals surface area contributed by atoms with Gasteiger partial charge in [0.1, 0.15) is 6.33 Å². The van der Waals surface area contributed by atoms with E-state index in [4.69, 9.17) is 33.7 Å². The van der Waals surface area contributed by atoms with Crippen molar-refractivity contribution < 1.29 is 4.74 Å². The molecule has 0 fully saturated rings. The normalized spacial score (nSPS) is 10.4. The Morgan fingerprint density at radius 1 is 1.31 bits per heavy atom. The minimum absolute atomic E-state index is 0.177. The quantitative estimate of drug-likeness (QED) is 0.841. The summed E-state index contributed by atoms with van der Waals surface area (Å²) in [5.74, 6) is 0.295. The molecule has 7 heteroatoms. The van der Waals surface area contributed by atoms with Gasteiger partial charge in [0.25, 0.3) is 0 Å². The zero-order chi connectivity index (χ0) is 11.7. The Kier molecular flexibility index (Phi) is 2.89. The first-order valence-corrected chi connectivity index (χ1v) is 5.10. The Morgan fingerprint density at radius 2 is 1.94 bits per heavy atom. The lowest BCUT2D eigenvalue weighted by Crippen LogP contribution is -1.93. The third-order valence-electron chi connectivity index (χ3n) is 1.79. The van der Waals surface area contributed by atoms with Crippen molar-refractivity contribution in [2.24, 2.45) is 7.05 Å². The molecule has 16 heavy (non-hydrogen) atoms. The van der Waals surface area contributed by atoms with Crippen LogP contribution in [0.3, 0.4) is 0 Å². The number of rotatable bonds is 2. The lowest BCUT2D eigenvalue weighted by atomic mass is 10.3. The minimum Gasteiger partial charge on any atom is -0.420 e. The maximum atomic E-state index is 5.94. The van der Waals surface area contributed by atoms with Crippen LogP contribution in [-0.4, -0.2) is 14.8 Å². The lowest BCUT2D eigenvalue weighted by molar-refractivity contribution is 0.439. The highest BCUT2D eigenvalue weighted by Gasteiger charge is 2.11. The predicted molar refractivity (Wildman–Crippen MR) is 62.0 cm³/mol. The van der Waals surface area contributed by atoms with Crippen molar-refractivity contribution in [2.75, 3.05) is 5.73 Å². The number of aryl methyl sites for hydroxylation is 1. The number of halogens is 2. The van der Waals surface area contributed by atoms with E-state index >= 15 is 0 Å². The van der Waals surface area contributed by atoms with E-state index in [2.05, 4.69) is 10.1 Å². The molecule has 0 aliphatic carbocycles. The first-order chi connectivity index (χ1) is 7.56. The van der Waals surface area contributed by atoms with E-state index in [1.54, 1.807) is 19.2 Å². The predicted octanol–water partition coefficient (Wildman–Crippen LogP) is 2.50. The number of benzene rings is 1. The molecule has 2 rings (SSSR count). The van der Waals surface area contributed by atoms with Crippen molar-refractivity contribution in [3.8, 4) is 11.8 Å². The molecule has 2 aromatic rings. The van der Waals surface area contributed by atoms with Crippen molar-refractivity contribution >= 4 is 28.9 Å². The fraction of sp³-hybridized carbons (Fsp3) is 0.111. The van der Waals surface area contributed by atoms with Crippen LogP contribution < -0.4 is 10.5 Å². The summed E-state index contributed by atoms with van der Waals surface area (Å²) in [4.78, 5) is 3.90. The molecule has 0 amide bonds. The van der Waals surface area contributed by atoms with Gasteiger partial charge in [-0.3, -0.25) is 4.68 Å². The fourth-order valence-electron chi connectivity index (χ4n) is 1.13. The van der Waals surface area contributed by atoms with Gasteiger partial charge in [0, 0.05) is 12.7 Å². The van der Waals surface area contributed by atoms with Crippen LogP contribution in [0.5, 0.6) is 11.8 Å². The van der Waals surface area contributed by atoms with Gasteiger partial charge in [-0.2, -0.15) is 4.98 Å². The number of ether oxygens (including phenoxy) is 1. The molecule has 0 atom stereocenters. The summed E-state index contributed by atoms with van der Waals surface area (Å²) in [5.41, 5.74) is 6.03. The monoisotopic (exact) mass is 258 g/mol. The van der Waals surface area contributed by atoms with Crippen LogP contribution in [0, 0.1) is 0 Å². The average Bonchev–Trinajstić information content (AvgIpc) is 2.58. The molecule has 0 unspecified atom stereocenters. The molecule has 0 aliphatic rings. The molecular formula is C9H8Cl2N4O. The fourth-order valence-corrected chi connectivity index (χ4v) is 1.72. The van der Waals surface area contributed by atoms with Gasteiger partial charge in [0.15, 0.2) is 5.75 Å². The van der Waals surface area contributed by atoms with Gasteiger partial charge in [-0.1, -0.05) is 23.2 Å². The molecule has 5 nitrogen and oxygen atoms in total. The molecule has 1 aromatic carbocycles.